The number of rotatable bonds is 5. The van der Waals surface area contributed by atoms with Crippen LogP contribution >= 0.6 is 0 Å². The maximum atomic E-state index is 12.4. The van der Waals surface area contributed by atoms with Crippen LogP contribution in [0, 0.1) is 13.8 Å². The van der Waals surface area contributed by atoms with Crippen molar-refractivity contribution in [1.82, 2.24) is 35.0 Å². The molecule has 2 N–H and O–H groups in total. The Balaban J connectivity index is 1.22. The average Bonchev–Trinajstić information content (AvgIpc) is 3.35. The Hall–Kier alpha value is -4.27. The summed E-state index contributed by atoms with van der Waals surface area (Å²) in [6, 6.07) is 15.6. The number of hydrogen-bond acceptors (Lipinski definition) is 5. The standard InChI is InChI=1S/C25H25N7O2/c1-15-17(16(2)32-25(26-15)18-8-4-5-9-19(18)30-32)12-13-23(33)28-29-24(34)14-22-27-20-10-6-7-11-21(20)31(22)3/h4-11H,12-14H2,1-3H3,(H,28,33)(H,29,34). The van der Waals surface area contributed by atoms with Crippen molar-refractivity contribution < 1.29 is 9.59 Å². The van der Waals surface area contributed by atoms with E-state index in [4.69, 9.17) is 4.98 Å². The molecule has 0 saturated heterocycles. The Morgan fingerprint density at radius 3 is 2.41 bits per heavy atom. The molecule has 9 nitrogen and oxygen atoms in total. The molecule has 34 heavy (non-hydrogen) atoms. The molecule has 0 aliphatic carbocycles. The summed E-state index contributed by atoms with van der Waals surface area (Å²) in [4.78, 5) is 34.0. The van der Waals surface area contributed by atoms with Gasteiger partial charge >= 0.3 is 0 Å². The van der Waals surface area contributed by atoms with Gasteiger partial charge in [-0.1, -0.05) is 24.3 Å². The van der Waals surface area contributed by atoms with Crippen molar-refractivity contribution in [1.29, 1.82) is 0 Å². The van der Waals surface area contributed by atoms with E-state index in [2.05, 4.69) is 20.9 Å². The fourth-order valence-corrected chi connectivity index (χ4v) is 4.32. The van der Waals surface area contributed by atoms with E-state index in [0.717, 1.165) is 44.5 Å². The van der Waals surface area contributed by atoms with E-state index in [1.807, 2.05) is 78.5 Å². The smallest absolute Gasteiger partial charge is 0.245 e. The minimum Gasteiger partial charge on any atom is -0.331 e. The number of benzene rings is 2. The highest BCUT2D eigenvalue weighted by atomic mass is 16.2. The van der Waals surface area contributed by atoms with Gasteiger partial charge < -0.3 is 4.57 Å². The van der Waals surface area contributed by atoms with Gasteiger partial charge in [0, 0.05) is 30.2 Å². The highest BCUT2D eigenvalue weighted by Crippen LogP contribution is 2.23. The van der Waals surface area contributed by atoms with E-state index >= 15 is 0 Å². The maximum Gasteiger partial charge on any atom is 0.245 e. The number of nitrogens with one attached hydrogen (secondary N) is 2. The van der Waals surface area contributed by atoms with Crippen LogP contribution in [0.2, 0.25) is 0 Å². The van der Waals surface area contributed by atoms with Crippen molar-refractivity contribution in [2.24, 2.45) is 7.05 Å². The Kier molecular flexibility index (Phi) is 5.45. The zero-order valence-corrected chi connectivity index (χ0v) is 19.3. The third-order valence-corrected chi connectivity index (χ3v) is 6.16. The third-order valence-electron chi connectivity index (χ3n) is 6.16. The largest absolute Gasteiger partial charge is 0.331 e. The molecule has 2 aromatic carbocycles. The number of nitrogens with zero attached hydrogens (tertiary/aromatic N) is 5. The molecule has 3 aromatic heterocycles. The summed E-state index contributed by atoms with van der Waals surface area (Å²) in [5, 5.41) is 5.66. The number of para-hydroxylation sites is 2. The first kappa shape index (κ1) is 21.6. The molecule has 0 fully saturated rings. The predicted molar refractivity (Wildman–Crippen MR) is 129 cm³/mol. The highest BCUT2D eigenvalue weighted by molar-refractivity contribution is 5.92. The lowest BCUT2D eigenvalue weighted by atomic mass is 10.1. The van der Waals surface area contributed by atoms with Gasteiger partial charge in [0.1, 0.15) is 5.82 Å². The number of carbonyl (C=O) groups excluding carboxylic acids is 2. The summed E-state index contributed by atoms with van der Waals surface area (Å²) in [7, 11) is 1.87. The minimum absolute atomic E-state index is 0.0666. The molecule has 0 unspecified atom stereocenters. The van der Waals surface area contributed by atoms with Crippen LogP contribution < -0.4 is 10.9 Å². The van der Waals surface area contributed by atoms with E-state index in [0.29, 0.717) is 12.2 Å². The Labute approximate surface area is 195 Å². The van der Waals surface area contributed by atoms with E-state index < -0.39 is 0 Å². The Bertz CT molecular complexity index is 1560. The summed E-state index contributed by atoms with van der Waals surface area (Å²) in [5.74, 6) is 0.0264. The second-order valence-electron chi connectivity index (χ2n) is 8.36. The quantitative estimate of drug-likeness (QED) is 0.397. The summed E-state index contributed by atoms with van der Waals surface area (Å²) < 4.78 is 3.72. The molecule has 3 heterocycles. The molecule has 0 aliphatic heterocycles. The lowest BCUT2D eigenvalue weighted by Crippen LogP contribution is -2.42. The summed E-state index contributed by atoms with van der Waals surface area (Å²) in [5.41, 5.74) is 11.3. The van der Waals surface area contributed by atoms with Gasteiger partial charge in [-0.05, 0) is 50.1 Å². The molecule has 0 radical (unpaired) electrons. The van der Waals surface area contributed by atoms with Gasteiger partial charge in [0.2, 0.25) is 11.8 Å². The van der Waals surface area contributed by atoms with E-state index in [9.17, 15) is 9.59 Å². The van der Waals surface area contributed by atoms with Crippen molar-refractivity contribution >= 4 is 39.4 Å². The Morgan fingerprint density at radius 1 is 0.912 bits per heavy atom. The number of aromatic nitrogens is 5. The number of hydrogen-bond donors (Lipinski definition) is 2. The highest BCUT2D eigenvalue weighted by Gasteiger charge is 2.16. The zero-order chi connectivity index (χ0) is 23.8. The van der Waals surface area contributed by atoms with Crippen molar-refractivity contribution in [2.75, 3.05) is 0 Å². The van der Waals surface area contributed by atoms with Crippen LogP contribution in [0.4, 0.5) is 0 Å². The minimum atomic E-state index is -0.328. The lowest BCUT2D eigenvalue weighted by Gasteiger charge is -2.12. The molecular weight excluding hydrogens is 430 g/mol. The second-order valence-corrected chi connectivity index (χ2v) is 8.36. The van der Waals surface area contributed by atoms with Gasteiger partial charge in [-0.3, -0.25) is 20.4 Å². The first-order valence-electron chi connectivity index (χ1n) is 11.1. The van der Waals surface area contributed by atoms with Crippen LogP contribution in [-0.4, -0.2) is 36.0 Å². The fourth-order valence-electron chi connectivity index (χ4n) is 4.32. The lowest BCUT2D eigenvalue weighted by molar-refractivity contribution is -0.128. The fraction of sp³-hybridized carbons (Fsp3) is 0.240. The van der Waals surface area contributed by atoms with E-state index in [1.54, 1.807) is 0 Å². The van der Waals surface area contributed by atoms with Gasteiger partial charge in [-0.15, -0.1) is 0 Å². The number of carbonyl (C=O) groups is 2. The van der Waals surface area contributed by atoms with Crippen molar-refractivity contribution in [3.05, 3.63) is 71.3 Å². The van der Waals surface area contributed by atoms with E-state index in [1.165, 1.54) is 0 Å². The van der Waals surface area contributed by atoms with Gasteiger partial charge in [-0.25, -0.2) is 14.5 Å². The number of amides is 2. The normalized spacial score (nSPS) is 11.4. The van der Waals surface area contributed by atoms with Crippen LogP contribution in [-0.2, 0) is 29.5 Å². The van der Waals surface area contributed by atoms with Crippen molar-refractivity contribution in [3.63, 3.8) is 0 Å². The molecule has 5 rings (SSSR count). The molecule has 0 aliphatic rings. The number of fused-ring (bicyclic) bond motifs is 4. The molecule has 0 saturated carbocycles. The van der Waals surface area contributed by atoms with Gasteiger partial charge in [-0.2, -0.15) is 5.10 Å². The topological polar surface area (TPSA) is 106 Å². The average molecular weight is 456 g/mol. The van der Waals surface area contributed by atoms with Crippen LogP contribution in [0.25, 0.3) is 27.6 Å². The Morgan fingerprint density at radius 2 is 1.62 bits per heavy atom. The monoisotopic (exact) mass is 455 g/mol. The molecule has 0 atom stereocenters. The summed E-state index contributed by atoms with van der Waals surface area (Å²) in [6.07, 6.45) is 0.766. The first-order valence-corrected chi connectivity index (χ1v) is 11.1. The number of imidazole rings is 1. The molecule has 2 amide bonds. The second kappa shape index (κ2) is 8.58. The van der Waals surface area contributed by atoms with Crippen molar-refractivity contribution in [3.8, 4) is 0 Å². The molecule has 172 valence electrons. The predicted octanol–water partition coefficient (Wildman–Crippen LogP) is 2.71. The molecule has 9 heteroatoms. The third kappa shape index (κ3) is 3.85. The first-order chi connectivity index (χ1) is 16.4. The van der Waals surface area contributed by atoms with Crippen LogP contribution in [0.5, 0.6) is 0 Å². The van der Waals surface area contributed by atoms with Crippen molar-refractivity contribution in [2.45, 2.75) is 33.1 Å². The van der Waals surface area contributed by atoms with Crippen LogP contribution in [0.1, 0.15) is 29.2 Å². The molecule has 0 bridgehead atoms. The summed E-state index contributed by atoms with van der Waals surface area (Å²) in [6.45, 7) is 3.93. The number of hydrazine groups is 1. The number of aryl methyl sites for hydroxylation is 3. The molecule has 5 aromatic rings. The van der Waals surface area contributed by atoms with Gasteiger partial charge in [0.25, 0.3) is 0 Å². The SMILES string of the molecule is Cc1nc2c3ccccc3nn2c(C)c1CCC(=O)NNC(=O)Cc1nc2ccccc2n1C. The van der Waals surface area contributed by atoms with Gasteiger partial charge in [0.15, 0.2) is 5.65 Å². The van der Waals surface area contributed by atoms with Crippen LogP contribution in [0.3, 0.4) is 0 Å². The molecular formula is C25H25N7O2. The van der Waals surface area contributed by atoms with Gasteiger partial charge in [0.05, 0.1) is 23.0 Å². The molecule has 0 spiro atoms. The summed E-state index contributed by atoms with van der Waals surface area (Å²) >= 11 is 0. The maximum absolute atomic E-state index is 12.4. The van der Waals surface area contributed by atoms with E-state index in [-0.39, 0.29) is 24.7 Å². The zero-order valence-electron chi connectivity index (χ0n) is 19.3. The van der Waals surface area contributed by atoms with Crippen LogP contribution in [0.15, 0.2) is 48.5 Å².